The molecule has 0 saturated carbocycles. The lowest BCUT2D eigenvalue weighted by Crippen LogP contribution is -1.96. The normalized spacial score (nSPS) is 10.6. The zero-order chi connectivity index (χ0) is 26.5. The highest BCUT2D eigenvalue weighted by Gasteiger charge is 2.11. The molecule has 4 aromatic rings. The van der Waals surface area contributed by atoms with Crippen LogP contribution >= 0.6 is 0 Å². The molecule has 0 N–H and O–H groups in total. The summed E-state index contributed by atoms with van der Waals surface area (Å²) in [6.45, 7) is 2.03. The first-order valence-corrected chi connectivity index (χ1v) is 11.6. The molecule has 4 aromatic carbocycles. The van der Waals surface area contributed by atoms with Crippen molar-refractivity contribution in [3.63, 3.8) is 0 Å². The van der Waals surface area contributed by atoms with Crippen LogP contribution in [0.2, 0.25) is 0 Å². The van der Waals surface area contributed by atoms with E-state index in [1.165, 1.54) is 30.3 Å². The summed E-state index contributed by atoms with van der Waals surface area (Å²) in [6.07, 6.45) is 3.29. The fraction of sp³-hybridized carbons (Fsp3) is 0.161. The Morgan fingerprint density at radius 1 is 0.514 bits per heavy atom. The van der Waals surface area contributed by atoms with Crippen LogP contribution in [0.3, 0.4) is 0 Å². The van der Waals surface area contributed by atoms with Crippen molar-refractivity contribution in [1.82, 2.24) is 0 Å². The minimum absolute atomic E-state index is 0.116. The molecule has 6 heteroatoms. The predicted molar refractivity (Wildman–Crippen MR) is 132 cm³/mol. The summed E-state index contributed by atoms with van der Waals surface area (Å²) in [5.74, 6) is 4.05. The van der Waals surface area contributed by atoms with Crippen LogP contribution < -0.4 is 0 Å². The molecular weight excluding hydrogens is 486 g/mol. The Labute approximate surface area is 211 Å². The second kappa shape index (κ2) is 11.3. The number of fused-ring (bicyclic) bond motifs is 1. The maximum absolute atomic E-state index is 14.6. The Morgan fingerprint density at radius 3 is 1.65 bits per heavy atom. The molecule has 0 heterocycles. The van der Waals surface area contributed by atoms with Gasteiger partial charge in [0, 0.05) is 11.1 Å². The number of hydrogen-bond donors (Lipinski definition) is 0. The molecule has 0 fully saturated rings. The largest absolute Gasteiger partial charge is 0.206 e. The summed E-state index contributed by atoms with van der Waals surface area (Å²) >= 11 is 0. The van der Waals surface area contributed by atoms with Crippen molar-refractivity contribution in [2.45, 2.75) is 32.6 Å². The number of aryl methyl sites for hydroxylation is 1. The lowest BCUT2D eigenvalue weighted by molar-refractivity contribution is 0.511. The Balaban J connectivity index is 1.58. The quantitative estimate of drug-likeness (QED) is 0.149. The average Bonchev–Trinajstić information content (AvgIpc) is 2.84. The molecule has 0 nitrogen and oxygen atoms in total. The molecule has 0 aliphatic carbocycles. The zero-order valence-electron chi connectivity index (χ0n) is 19.8. The standard InChI is InChI=1S/C31H20F6/c1-2-3-4-5-20-13-26(32)25(27(33)14-20)11-8-21-15-28(34)24(29(35)16-21)10-7-19-6-9-22-17-30(36)31(37)18-23(22)12-19/h6,9,12-18H,2-5H2,1H3. The molecule has 0 amide bonds. The monoisotopic (exact) mass is 506 g/mol. The molecule has 0 aromatic heterocycles. The second-order valence-corrected chi connectivity index (χ2v) is 8.53. The molecule has 0 bridgehead atoms. The van der Waals surface area contributed by atoms with Crippen molar-refractivity contribution in [3.8, 4) is 23.7 Å². The van der Waals surface area contributed by atoms with Gasteiger partial charge in [-0.15, -0.1) is 0 Å². The van der Waals surface area contributed by atoms with Gasteiger partial charge in [0.15, 0.2) is 11.6 Å². The smallest absolute Gasteiger partial charge is 0.159 e. The van der Waals surface area contributed by atoms with E-state index in [9.17, 15) is 26.3 Å². The minimum atomic E-state index is -1.02. The lowest BCUT2D eigenvalue weighted by Gasteiger charge is -2.04. The Bertz CT molecular complexity index is 1570. The van der Waals surface area contributed by atoms with Crippen LogP contribution in [0.5, 0.6) is 0 Å². The molecule has 0 radical (unpaired) electrons. The number of halogens is 6. The van der Waals surface area contributed by atoms with Gasteiger partial charge in [0.1, 0.15) is 23.3 Å². The van der Waals surface area contributed by atoms with E-state index in [2.05, 4.69) is 23.7 Å². The topological polar surface area (TPSA) is 0 Å². The third-order valence-electron chi connectivity index (χ3n) is 5.76. The van der Waals surface area contributed by atoms with Gasteiger partial charge < -0.3 is 0 Å². The van der Waals surface area contributed by atoms with E-state index in [0.29, 0.717) is 28.3 Å². The van der Waals surface area contributed by atoms with E-state index in [0.717, 1.165) is 43.5 Å². The van der Waals surface area contributed by atoms with E-state index in [4.69, 9.17) is 0 Å². The maximum Gasteiger partial charge on any atom is 0.159 e. The first-order chi connectivity index (χ1) is 17.7. The Morgan fingerprint density at radius 2 is 1.05 bits per heavy atom. The number of hydrogen-bond acceptors (Lipinski definition) is 0. The zero-order valence-corrected chi connectivity index (χ0v) is 19.8. The van der Waals surface area contributed by atoms with Gasteiger partial charge in [-0.05, 0) is 77.7 Å². The van der Waals surface area contributed by atoms with Gasteiger partial charge >= 0.3 is 0 Å². The van der Waals surface area contributed by atoms with Crippen molar-refractivity contribution in [2.24, 2.45) is 0 Å². The molecule has 4 rings (SSSR count). The first-order valence-electron chi connectivity index (χ1n) is 11.6. The van der Waals surface area contributed by atoms with Crippen molar-refractivity contribution >= 4 is 10.8 Å². The SMILES string of the molecule is CCCCCc1cc(F)c(C#Cc2cc(F)c(C#Cc3ccc4cc(F)c(F)cc4c3)c(F)c2)c(F)c1. The molecule has 0 aliphatic heterocycles. The van der Waals surface area contributed by atoms with Gasteiger partial charge in [0.25, 0.3) is 0 Å². The molecule has 0 saturated heterocycles. The minimum Gasteiger partial charge on any atom is -0.206 e. The van der Waals surface area contributed by atoms with E-state index in [1.54, 1.807) is 0 Å². The van der Waals surface area contributed by atoms with E-state index < -0.39 is 46.0 Å². The summed E-state index contributed by atoms with van der Waals surface area (Å²) in [7, 11) is 0. The number of rotatable bonds is 4. The molecular formula is C31H20F6. The molecule has 0 aliphatic rings. The van der Waals surface area contributed by atoms with Gasteiger partial charge in [-0.1, -0.05) is 49.5 Å². The van der Waals surface area contributed by atoms with Crippen molar-refractivity contribution in [1.29, 1.82) is 0 Å². The van der Waals surface area contributed by atoms with E-state index >= 15 is 0 Å². The molecule has 186 valence electrons. The van der Waals surface area contributed by atoms with Gasteiger partial charge in [-0.3, -0.25) is 0 Å². The first kappa shape index (κ1) is 25.9. The van der Waals surface area contributed by atoms with Crippen LogP contribution in [0.4, 0.5) is 26.3 Å². The summed E-state index contributed by atoms with van der Waals surface area (Å²) in [5, 5.41) is 0.828. The van der Waals surface area contributed by atoms with Crippen LogP contribution in [0.1, 0.15) is 54.0 Å². The van der Waals surface area contributed by atoms with Crippen LogP contribution in [-0.4, -0.2) is 0 Å². The van der Waals surface area contributed by atoms with E-state index in [-0.39, 0.29) is 5.56 Å². The summed E-state index contributed by atoms with van der Waals surface area (Å²) < 4.78 is 84.9. The molecule has 0 spiro atoms. The molecule has 0 atom stereocenters. The fourth-order valence-corrected chi connectivity index (χ4v) is 3.82. The third-order valence-corrected chi connectivity index (χ3v) is 5.76. The Kier molecular flexibility index (Phi) is 7.89. The lowest BCUT2D eigenvalue weighted by atomic mass is 10.0. The van der Waals surface area contributed by atoms with Crippen LogP contribution in [0, 0.1) is 58.6 Å². The number of unbranched alkanes of at least 4 members (excludes halogenated alkanes) is 2. The van der Waals surface area contributed by atoms with Gasteiger partial charge in [-0.2, -0.15) is 0 Å². The molecule has 37 heavy (non-hydrogen) atoms. The van der Waals surface area contributed by atoms with Crippen molar-refractivity contribution in [3.05, 3.63) is 117 Å². The Hall–Kier alpha value is -4.16. The highest BCUT2D eigenvalue weighted by Crippen LogP contribution is 2.21. The molecule has 0 unspecified atom stereocenters. The van der Waals surface area contributed by atoms with Gasteiger partial charge in [-0.25, -0.2) is 26.3 Å². The van der Waals surface area contributed by atoms with Crippen LogP contribution in [0.15, 0.2) is 54.6 Å². The van der Waals surface area contributed by atoms with Crippen molar-refractivity contribution in [2.75, 3.05) is 0 Å². The summed E-state index contributed by atoms with van der Waals surface area (Å²) in [5.41, 5.74) is -0.251. The summed E-state index contributed by atoms with van der Waals surface area (Å²) in [6, 6.07) is 10.8. The van der Waals surface area contributed by atoms with Crippen LogP contribution in [0.25, 0.3) is 10.8 Å². The highest BCUT2D eigenvalue weighted by atomic mass is 19.2. The fourth-order valence-electron chi connectivity index (χ4n) is 3.82. The average molecular weight is 506 g/mol. The second-order valence-electron chi connectivity index (χ2n) is 8.53. The number of benzene rings is 4. The highest BCUT2D eigenvalue weighted by molar-refractivity contribution is 5.84. The van der Waals surface area contributed by atoms with Gasteiger partial charge in [0.05, 0.1) is 11.1 Å². The predicted octanol–water partition coefficient (Wildman–Crippen LogP) is 8.21. The van der Waals surface area contributed by atoms with Crippen LogP contribution in [-0.2, 0) is 6.42 Å². The van der Waals surface area contributed by atoms with Crippen molar-refractivity contribution < 1.29 is 26.3 Å². The van der Waals surface area contributed by atoms with E-state index in [1.807, 2.05) is 6.92 Å². The maximum atomic E-state index is 14.6. The third kappa shape index (κ3) is 6.16. The summed E-state index contributed by atoms with van der Waals surface area (Å²) in [4.78, 5) is 0. The van der Waals surface area contributed by atoms with Gasteiger partial charge in [0.2, 0.25) is 0 Å².